The monoisotopic (exact) mass is 298 g/mol. The highest BCUT2D eigenvalue weighted by Gasteiger charge is 2.14. The van der Waals surface area contributed by atoms with Crippen LogP contribution in [0.25, 0.3) is 0 Å². The molecule has 1 rings (SSSR count). The molecule has 0 aromatic heterocycles. The summed E-state index contributed by atoms with van der Waals surface area (Å²) in [6.45, 7) is 0.701. The number of hydrogen-bond donors (Lipinski definition) is 2. The van der Waals surface area contributed by atoms with Crippen LogP contribution in [0.4, 0.5) is 5.69 Å². The predicted octanol–water partition coefficient (Wildman–Crippen LogP) is 1.37. The van der Waals surface area contributed by atoms with Gasteiger partial charge in [0.05, 0.1) is 11.3 Å². The van der Waals surface area contributed by atoms with E-state index in [-0.39, 0.29) is 24.6 Å². The average molecular weight is 298 g/mol. The minimum atomic E-state index is -0.479. The Morgan fingerprint density at radius 2 is 2.10 bits per heavy atom. The second-order valence-electron chi connectivity index (χ2n) is 4.10. The van der Waals surface area contributed by atoms with Gasteiger partial charge in [-0.15, -0.1) is 0 Å². The fourth-order valence-electron chi connectivity index (χ4n) is 1.61. The van der Waals surface area contributed by atoms with Gasteiger partial charge in [0.25, 0.3) is 5.69 Å². The molecule has 0 saturated heterocycles. The van der Waals surface area contributed by atoms with Gasteiger partial charge in [-0.2, -0.15) is 11.8 Å². The van der Waals surface area contributed by atoms with E-state index in [2.05, 4.69) is 5.32 Å². The second kappa shape index (κ2) is 9.33. The number of nitrogens with one attached hydrogen (secondary N) is 1. The van der Waals surface area contributed by atoms with Gasteiger partial charge in [0.1, 0.15) is 0 Å². The molecule has 1 aromatic rings. The van der Waals surface area contributed by atoms with Gasteiger partial charge in [-0.25, -0.2) is 0 Å². The van der Waals surface area contributed by atoms with E-state index >= 15 is 0 Å². The van der Waals surface area contributed by atoms with E-state index in [9.17, 15) is 14.9 Å². The van der Waals surface area contributed by atoms with Crippen molar-refractivity contribution in [1.29, 1.82) is 0 Å². The zero-order valence-electron chi connectivity index (χ0n) is 11.1. The van der Waals surface area contributed by atoms with Crippen molar-refractivity contribution in [3.63, 3.8) is 0 Å². The Morgan fingerprint density at radius 3 is 2.80 bits per heavy atom. The Balaban J connectivity index is 2.34. The van der Waals surface area contributed by atoms with Crippen LogP contribution in [-0.4, -0.2) is 40.6 Å². The van der Waals surface area contributed by atoms with Gasteiger partial charge in [0.2, 0.25) is 5.91 Å². The number of aliphatic hydroxyl groups excluding tert-OH is 1. The maximum atomic E-state index is 11.7. The molecule has 0 saturated carbocycles. The lowest BCUT2D eigenvalue weighted by Gasteiger charge is -2.05. The van der Waals surface area contributed by atoms with E-state index in [1.54, 1.807) is 30.0 Å². The molecule has 0 aliphatic rings. The molecule has 2 N–H and O–H groups in total. The van der Waals surface area contributed by atoms with Crippen molar-refractivity contribution in [2.75, 3.05) is 24.7 Å². The molecular weight excluding hydrogens is 280 g/mol. The third-order valence-corrected chi connectivity index (χ3v) is 3.62. The summed E-state index contributed by atoms with van der Waals surface area (Å²) >= 11 is 1.65. The fourth-order valence-corrected chi connectivity index (χ4v) is 2.39. The number of nitrogens with zero attached hydrogens (tertiary/aromatic N) is 1. The van der Waals surface area contributed by atoms with E-state index in [1.165, 1.54) is 6.07 Å². The number of thioether (sulfide) groups is 1. The van der Waals surface area contributed by atoms with Crippen molar-refractivity contribution in [3.8, 4) is 0 Å². The minimum absolute atomic E-state index is 0.0124. The molecule has 0 atom stereocenters. The van der Waals surface area contributed by atoms with Crippen LogP contribution in [0.15, 0.2) is 24.3 Å². The summed E-state index contributed by atoms with van der Waals surface area (Å²) < 4.78 is 0. The molecule has 7 heteroatoms. The van der Waals surface area contributed by atoms with Crippen LogP contribution in [0, 0.1) is 10.1 Å². The number of rotatable bonds is 9. The number of carbonyl (C=O) groups is 1. The zero-order chi connectivity index (χ0) is 14.8. The van der Waals surface area contributed by atoms with Crippen LogP contribution in [0.2, 0.25) is 0 Å². The highest BCUT2D eigenvalue weighted by Crippen LogP contribution is 2.17. The summed E-state index contributed by atoms with van der Waals surface area (Å²) in [6.07, 6.45) is 0.757. The van der Waals surface area contributed by atoms with Crippen LogP contribution >= 0.6 is 11.8 Å². The molecule has 0 aliphatic carbocycles. The van der Waals surface area contributed by atoms with E-state index in [0.717, 1.165) is 17.9 Å². The molecule has 0 aliphatic heterocycles. The highest BCUT2D eigenvalue weighted by atomic mass is 32.2. The van der Waals surface area contributed by atoms with Crippen LogP contribution in [0.3, 0.4) is 0 Å². The lowest BCUT2D eigenvalue weighted by Crippen LogP contribution is -2.27. The van der Waals surface area contributed by atoms with Gasteiger partial charge in [0, 0.05) is 30.5 Å². The molecule has 0 unspecified atom stereocenters. The molecule has 0 fully saturated rings. The Labute approximate surface area is 121 Å². The summed E-state index contributed by atoms with van der Waals surface area (Å²) in [5, 5.41) is 22.2. The van der Waals surface area contributed by atoms with E-state index in [4.69, 9.17) is 5.11 Å². The summed E-state index contributed by atoms with van der Waals surface area (Å²) in [5.41, 5.74) is 0.392. The molecule has 0 bridgehead atoms. The number of nitro groups is 1. The first-order valence-corrected chi connectivity index (χ1v) is 7.48. The number of carbonyl (C=O) groups excluding carboxylic acids is 1. The SMILES string of the molecule is O=C(Cc1ccccc1[N+](=O)[O-])NCCSCCCO. The second-order valence-corrected chi connectivity index (χ2v) is 5.33. The van der Waals surface area contributed by atoms with Crippen molar-refractivity contribution >= 4 is 23.4 Å². The zero-order valence-corrected chi connectivity index (χ0v) is 11.9. The van der Waals surface area contributed by atoms with Gasteiger partial charge in [-0.05, 0) is 12.2 Å². The van der Waals surface area contributed by atoms with E-state index in [1.807, 2.05) is 0 Å². The highest BCUT2D eigenvalue weighted by molar-refractivity contribution is 7.99. The van der Waals surface area contributed by atoms with Crippen molar-refractivity contribution in [2.45, 2.75) is 12.8 Å². The lowest BCUT2D eigenvalue weighted by molar-refractivity contribution is -0.385. The smallest absolute Gasteiger partial charge is 0.273 e. The number of aliphatic hydroxyl groups is 1. The summed E-state index contributed by atoms with van der Waals surface area (Å²) in [6, 6.07) is 6.25. The third kappa shape index (κ3) is 6.03. The first-order valence-electron chi connectivity index (χ1n) is 6.32. The number of para-hydroxylation sites is 1. The Kier molecular flexibility index (Phi) is 7.67. The fraction of sp³-hybridized carbons (Fsp3) is 0.462. The van der Waals surface area contributed by atoms with Gasteiger partial charge >= 0.3 is 0 Å². The normalized spacial score (nSPS) is 10.2. The summed E-state index contributed by atoms with van der Waals surface area (Å²) in [4.78, 5) is 22.0. The quantitative estimate of drug-likeness (QED) is 0.408. The third-order valence-electron chi connectivity index (χ3n) is 2.55. The molecular formula is C13H18N2O4S. The van der Waals surface area contributed by atoms with Crippen LogP contribution in [0.1, 0.15) is 12.0 Å². The number of hydrogen-bond acceptors (Lipinski definition) is 5. The first kappa shape index (κ1) is 16.5. The number of benzene rings is 1. The summed E-state index contributed by atoms with van der Waals surface area (Å²) in [7, 11) is 0. The molecule has 0 radical (unpaired) electrons. The maximum absolute atomic E-state index is 11.7. The molecule has 0 heterocycles. The summed E-state index contributed by atoms with van der Waals surface area (Å²) in [5.74, 6) is 1.40. The van der Waals surface area contributed by atoms with Gasteiger partial charge in [-0.3, -0.25) is 14.9 Å². The van der Waals surface area contributed by atoms with Crippen LogP contribution in [0.5, 0.6) is 0 Å². The largest absolute Gasteiger partial charge is 0.396 e. The molecule has 20 heavy (non-hydrogen) atoms. The molecule has 0 spiro atoms. The molecule has 1 aromatic carbocycles. The molecule has 110 valence electrons. The van der Waals surface area contributed by atoms with Gasteiger partial charge in [0.15, 0.2) is 0 Å². The van der Waals surface area contributed by atoms with Gasteiger partial charge in [-0.1, -0.05) is 18.2 Å². The van der Waals surface area contributed by atoms with Crippen molar-refractivity contribution in [3.05, 3.63) is 39.9 Å². The molecule has 6 nitrogen and oxygen atoms in total. The van der Waals surface area contributed by atoms with Crippen LogP contribution in [-0.2, 0) is 11.2 Å². The first-order chi connectivity index (χ1) is 9.65. The number of nitro benzene ring substituents is 1. The predicted molar refractivity (Wildman–Crippen MR) is 78.8 cm³/mol. The standard InChI is InChI=1S/C13H18N2O4S/c16-7-3-8-20-9-6-14-13(17)10-11-4-1-2-5-12(11)15(18)19/h1-2,4-5,16H,3,6-10H2,(H,14,17). The van der Waals surface area contributed by atoms with Crippen molar-refractivity contribution in [2.24, 2.45) is 0 Å². The number of amides is 1. The molecule has 1 amide bonds. The Bertz CT molecular complexity index is 454. The maximum Gasteiger partial charge on any atom is 0.273 e. The lowest BCUT2D eigenvalue weighted by atomic mass is 10.1. The van der Waals surface area contributed by atoms with E-state index < -0.39 is 4.92 Å². The van der Waals surface area contributed by atoms with Crippen molar-refractivity contribution < 1.29 is 14.8 Å². The minimum Gasteiger partial charge on any atom is -0.396 e. The van der Waals surface area contributed by atoms with Crippen molar-refractivity contribution in [1.82, 2.24) is 5.32 Å². The Morgan fingerprint density at radius 1 is 1.35 bits per heavy atom. The van der Waals surface area contributed by atoms with E-state index in [0.29, 0.717) is 12.1 Å². The van der Waals surface area contributed by atoms with Crippen LogP contribution < -0.4 is 5.32 Å². The van der Waals surface area contributed by atoms with Gasteiger partial charge < -0.3 is 10.4 Å². The Hall–Kier alpha value is -1.60. The average Bonchev–Trinajstić information content (AvgIpc) is 2.43. The topological polar surface area (TPSA) is 92.5 Å².